The third-order valence-electron chi connectivity index (χ3n) is 2.75. The van der Waals surface area contributed by atoms with Crippen LogP contribution in [0.4, 0.5) is 11.4 Å². The first-order chi connectivity index (χ1) is 10.3. The predicted octanol–water partition coefficient (Wildman–Crippen LogP) is 5.43. The van der Waals surface area contributed by atoms with Crippen molar-refractivity contribution in [1.82, 2.24) is 0 Å². The Labute approximate surface area is 156 Å². The highest BCUT2D eigenvalue weighted by Crippen LogP contribution is 2.20. The molecular weight excluding hydrogens is 476 g/mol. The number of hydrogen-bond acceptors (Lipinski definition) is 2. The number of alkyl halides is 1. The third-order valence-corrected chi connectivity index (χ3v) is 5.03. The van der Waals surface area contributed by atoms with E-state index in [0.717, 1.165) is 25.9 Å². The van der Waals surface area contributed by atoms with Gasteiger partial charge in [-0.15, -0.1) is 0 Å². The van der Waals surface area contributed by atoms with Crippen molar-refractivity contribution < 1.29 is 4.79 Å². The van der Waals surface area contributed by atoms with Gasteiger partial charge in [0.1, 0.15) is 0 Å². The molecule has 118 valence electrons. The van der Waals surface area contributed by atoms with Crippen molar-refractivity contribution in [3.05, 3.63) is 56.5 Å². The minimum Gasteiger partial charge on any atom is -0.399 e. The highest BCUT2D eigenvalue weighted by Gasteiger charge is 2.00. The minimum atomic E-state index is -0.0401. The fraction of sp³-hybridized carbons (Fsp3) is 0.188. The molecule has 0 saturated heterocycles. The molecule has 22 heavy (non-hydrogen) atoms. The Kier molecular flexibility index (Phi) is 8.14. The molecule has 3 N–H and O–H groups in total. The molecule has 0 unspecified atom stereocenters. The maximum Gasteiger partial charge on any atom is 0.235 e. The Hall–Kier alpha value is -0.850. The normalized spacial score (nSPS) is 9.68. The van der Waals surface area contributed by atoms with E-state index in [-0.39, 0.29) is 5.91 Å². The topological polar surface area (TPSA) is 55.1 Å². The van der Waals surface area contributed by atoms with Crippen molar-refractivity contribution in [1.29, 1.82) is 0 Å². The van der Waals surface area contributed by atoms with Gasteiger partial charge < -0.3 is 11.1 Å². The number of nitrogens with two attached hydrogens (primary N) is 1. The van der Waals surface area contributed by atoms with Gasteiger partial charge in [-0.2, -0.15) is 0 Å². The molecule has 2 aromatic rings. The molecule has 0 radical (unpaired) electrons. The predicted molar refractivity (Wildman–Crippen MR) is 105 cm³/mol. The van der Waals surface area contributed by atoms with Crippen molar-refractivity contribution in [2.24, 2.45) is 0 Å². The smallest absolute Gasteiger partial charge is 0.235 e. The molecule has 6 heteroatoms. The first-order valence-corrected chi connectivity index (χ1v) is 9.18. The Morgan fingerprint density at radius 2 is 1.59 bits per heavy atom. The number of hydrogen-bond donors (Lipinski definition) is 2. The highest BCUT2D eigenvalue weighted by molar-refractivity contribution is 9.11. The van der Waals surface area contributed by atoms with Crippen LogP contribution in [0.25, 0.3) is 0 Å². The lowest BCUT2D eigenvalue weighted by Gasteiger charge is -2.04. The van der Waals surface area contributed by atoms with Crippen LogP contribution in [-0.2, 0) is 4.79 Å². The monoisotopic (exact) mass is 490 g/mol. The zero-order chi connectivity index (χ0) is 16.7. The first-order valence-electron chi connectivity index (χ1n) is 6.47. The van der Waals surface area contributed by atoms with Gasteiger partial charge in [0.15, 0.2) is 0 Å². The molecule has 0 aliphatic rings. The van der Waals surface area contributed by atoms with E-state index >= 15 is 0 Å². The van der Waals surface area contributed by atoms with Crippen molar-refractivity contribution in [2.45, 2.75) is 13.8 Å². The van der Waals surface area contributed by atoms with Gasteiger partial charge in [-0.3, -0.25) is 4.79 Å². The van der Waals surface area contributed by atoms with Crippen LogP contribution in [0.15, 0.2) is 45.3 Å². The average molecular weight is 493 g/mol. The number of nitrogen functional groups attached to an aromatic ring is 1. The highest BCUT2D eigenvalue weighted by atomic mass is 79.9. The number of carbonyl (C=O) groups excluding carboxylic acids is 1. The van der Waals surface area contributed by atoms with Crippen LogP contribution in [0.3, 0.4) is 0 Å². The Balaban J connectivity index is 0.000000235. The summed E-state index contributed by atoms with van der Waals surface area (Å²) in [7, 11) is 0. The number of anilines is 2. The standard InChI is InChI=1S/C9H9Br2NO.C7H8BrN/c1-6-4-7(2-3-8(6)11)12-9(13)5-10;1-5-4-6(9)2-3-7(5)8/h2-4H,5H2,1H3,(H,12,13);2-4H,9H2,1H3. The molecule has 0 aromatic heterocycles. The van der Waals surface area contributed by atoms with Gasteiger partial charge in [0.05, 0.1) is 5.33 Å². The summed E-state index contributed by atoms with van der Waals surface area (Å²) in [6.45, 7) is 3.99. The van der Waals surface area contributed by atoms with Gasteiger partial charge in [-0.25, -0.2) is 0 Å². The van der Waals surface area contributed by atoms with Crippen LogP contribution < -0.4 is 11.1 Å². The summed E-state index contributed by atoms with van der Waals surface area (Å²) in [6, 6.07) is 11.5. The van der Waals surface area contributed by atoms with Crippen LogP contribution in [-0.4, -0.2) is 11.2 Å². The van der Waals surface area contributed by atoms with E-state index < -0.39 is 0 Å². The van der Waals surface area contributed by atoms with Crippen molar-refractivity contribution in [3.63, 3.8) is 0 Å². The van der Waals surface area contributed by atoms with Gasteiger partial charge >= 0.3 is 0 Å². The quantitative estimate of drug-likeness (QED) is 0.434. The molecule has 0 spiro atoms. The molecule has 0 bridgehead atoms. The average Bonchev–Trinajstić information content (AvgIpc) is 2.48. The summed E-state index contributed by atoms with van der Waals surface area (Å²) in [5, 5.41) is 3.07. The van der Waals surface area contributed by atoms with E-state index in [2.05, 4.69) is 53.1 Å². The molecule has 0 saturated carbocycles. The second-order valence-corrected chi connectivity index (χ2v) is 6.92. The molecular formula is C16H17Br3N2O. The van der Waals surface area contributed by atoms with Gasteiger partial charge in [0, 0.05) is 20.3 Å². The van der Waals surface area contributed by atoms with Crippen LogP contribution in [0.2, 0.25) is 0 Å². The second kappa shape index (κ2) is 9.33. The fourth-order valence-corrected chi connectivity index (χ4v) is 2.22. The molecule has 2 aromatic carbocycles. The number of benzene rings is 2. The zero-order valence-electron chi connectivity index (χ0n) is 12.3. The number of halogens is 3. The van der Waals surface area contributed by atoms with E-state index in [1.807, 2.05) is 50.2 Å². The van der Waals surface area contributed by atoms with E-state index in [9.17, 15) is 4.79 Å². The van der Waals surface area contributed by atoms with E-state index in [1.165, 1.54) is 5.56 Å². The molecule has 2 rings (SSSR count). The molecule has 0 fully saturated rings. The Morgan fingerprint density at radius 3 is 2.05 bits per heavy atom. The summed E-state index contributed by atoms with van der Waals surface area (Å²) >= 11 is 9.85. The number of rotatable bonds is 2. The second-order valence-electron chi connectivity index (χ2n) is 4.65. The van der Waals surface area contributed by atoms with Gasteiger partial charge in [-0.1, -0.05) is 47.8 Å². The van der Waals surface area contributed by atoms with E-state index in [4.69, 9.17) is 5.73 Å². The summed E-state index contributed by atoms with van der Waals surface area (Å²) < 4.78 is 2.15. The number of nitrogens with one attached hydrogen (secondary N) is 1. The SMILES string of the molecule is Cc1cc(N)ccc1Br.Cc1cc(NC(=O)CBr)ccc1Br. The van der Waals surface area contributed by atoms with E-state index in [1.54, 1.807) is 0 Å². The first kappa shape index (κ1) is 19.2. The van der Waals surface area contributed by atoms with Crippen LogP contribution in [0.5, 0.6) is 0 Å². The maximum atomic E-state index is 11.0. The summed E-state index contributed by atoms with van der Waals surface area (Å²) in [5.41, 5.74) is 9.43. The number of amides is 1. The largest absolute Gasteiger partial charge is 0.399 e. The van der Waals surface area contributed by atoms with E-state index in [0.29, 0.717) is 5.33 Å². The summed E-state index contributed by atoms with van der Waals surface area (Å²) in [5.74, 6) is -0.0401. The molecule has 0 heterocycles. The summed E-state index contributed by atoms with van der Waals surface area (Å²) in [6.07, 6.45) is 0. The third kappa shape index (κ3) is 6.50. The lowest BCUT2D eigenvalue weighted by molar-refractivity contribution is -0.113. The Bertz CT molecular complexity index is 660. The molecule has 3 nitrogen and oxygen atoms in total. The molecule has 0 aliphatic carbocycles. The lowest BCUT2D eigenvalue weighted by Crippen LogP contribution is -2.12. The van der Waals surface area contributed by atoms with Crippen LogP contribution in [0.1, 0.15) is 11.1 Å². The fourth-order valence-electron chi connectivity index (χ4n) is 1.58. The maximum absolute atomic E-state index is 11.0. The van der Waals surface area contributed by atoms with Gasteiger partial charge in [-0.05, 0) is 61.4 Å². The number of carbonyl (C=O) groups is 1. The zero-order valence-corrected chi connectivity index (χ0v) is 17.0. The minimum absolute atomic E-state index is 0.0401. The lowest BCUT2D eigenvalue weighted by atomic mass is 10.2. The Morgan fingerprint density at radius 1 is 1.05 bits per heavy atom. The van der Waals surface area contributed by atoms with Crippen LogP contribution in [0, 0.1) is 13.8 Å². The van der Waals surface area contributed by atoms with Crippen molar-refractivity contribution >= 4 is 65.1 Å². The van der Waals surface area contributed by atoms with Gasteiger partial charge in [0.25, 0.3) is 0 Å². The van der Waals surface area contributed by atoms with Crippen molar-refractivity contribution in [2.75, 3.05) is 16.4 Å². The molecule has 0 aliphatic heterocycles. The number of aryl methyl sites for hydroxylation is 2. The summed E-state index contributed by atoms with van der Waals surface area (Å²) in [4.78, 5) is 11.0. The van der Waals surface area contributed by atoms with Crippen molar-refractivity contribution in [3.8, 4) is 0 Å². The molecule has 1 amide bonds. The van der Waals surface area contributed by atoms with Gasteiger partial charge in [0.2, 0.25) is 5.91 Å². The molecule has 0 atom stereocenters. The van der Waals surface area contributed by atoms with Crippen LogP contribution >= 0.6 is 47.8 Å².